The lowest BCUT2D eigenvalue weighted by atomic mass is 10.2. The Bertz CT molecular complexity index is 640. The molecule has 2 rings (SSSR count). The maximum absolute atomic E-state index is 11.3. The van der Waals surface area contributed by atoms with Gasteiger partial charge in [-0.05, 0) is 24.6 Å². The second kappa shape index (κ2) is 5.79. The molecule has 2 aromatic rings. The zero-order chi connectivity index (χ0) is 13.8. The summed E-state index contributed by atoms with van der Waals surface area (Å²) in [6.45, 7) is 1.79. The van der Waals surface area contributed by atoms with E-state index in [0.29, 0.717) is 22.3 Å². The first-order valence-corrected chi connectivity index (χ1v) is 6.69. The number of hydrogen-bond donors (Lipinski definition) is 2. The fraction of sp³-hybridized carbons (Fsp3) is 0.231. The molecule has 5 nitrogen and oxygen atoms in total. The quantitative estimate of drug-likeness (QED) is 0.507. The van der Waals surface area contributed by atoms with Gasteiger partial charge in [-0.25, -0.2) is 4.98 Å². The van der Waals surface area contributed by atoms with Crippen LogP contribution in [0.2, 0.25) is 0 Å². The summed E-state index contributed by atoms with van der Waals surface area (Å²) < 4.78 is 5.16. The molecule has 1 aromatic heterocycles. The Morgan fingerprint density at radius 1 is 1.37 bits per heavy atom. The third-order valence-corrected chi connectivity index (χ3v) is 3.39. The molecule has 0 unspecified atom stereocenters. The minimum atomic E-state index is -0.139. The molecule has 1 heterocycles. The Balaban J connectivity index is 2.14. The van der Waals surface area contributed by atoms with Gasteiger partial charge in [0.05, 0.1) is 7.11 Å². The number of thioether (sulfide) groups is 1. The van der Waals surface area contributed by atoms with Crippen LogP contribution < -0.4 is 16.0 Å². The summed E-state index contributed by atoms with van der Waals surface area (Å²) >= 11 is 1.45. The van der Waals surface area contributed by atoms with Gasteiger partial charge >= 0.3 is 0 Å². The third-order valence-electron chi connectivity index (χ3n) is 2.45. The van der Waals surface area contributed by atoms with Crippen molar-refractivity contribution in [1.29, 1.82) is 0 Å². The Labute approximate surface area is 115 Å². The molecule has 0 saturated heterocycles. The predicted octanol–water partition coefficient (Wildman–Crippen LogP) is 1.96. The van der Waals surface area contributed by atoms with Crippen LogP contribution in [0.3, 0.4) is 0 Å². The molecule has 1 aromatic carbocycles. The number of nitrogen functional groups attached to an aromatic ring is 1. The lowest BCUT2D eigenvalue weighted by Gasteiger charge is -2.06. The highest BCUT2D eigenvalue weighted by molar-refractivity contribution is 7.98. The van der Waals surface area contributed by atoms with Crippen LogP contribution >= 0.6 is 11.8 Å². The van der Waals surface area contributed by atoms with E-state index in [-0.39, 0.29) is 5.56 Å². The van der Waals surface area contributed by atoms with Crippen molar-refractivity contribution < 1.29 is 4.74 Å². The third kappa shape index (κ3) is 3.75. The maximum atomic E-state index is 11.3. The first-order chi connectivity index (χ1) is 9.06. The number of hydrogen-bond acceptors (Lipinski definition) is 5. The number of H-pyrrole nitrogens is 1. The van der Waals surface area contributed by atoms with Crippen LogP contribution in [-0.4, -0.2) is 17.1 Å². The number of anilines is 1. The van der Waals surface area contributed by atoms with Crippen molar-refractivity contribution in [3.8, 4) is 5.75 Å². The van der Waals surface area contributed by atoms with Gasteiger partial charge in [0, 0.05) is 29.3 Å². The van der Waals surface area contributed by atoms with Crippen molar-refractivity contribution in [1.82, 2.24) is 9.97 Å². The minimum Gasteiger partial charge on any atom is -0.497 e. The van der Waals surface area contributed by atoms with Gasteiger partial charge in [-0.2, -0.15) is 0 Å². The highest BCUT2D eigenvalue weighted by Gasteiger charge is 2.03. The molecular formula is C13H15N3O2S. The van der Waals surface area contributed by atoms with Crippen molar-refractivity contribution >= 4 is 17.4 Å². The van der Waals surface area contributed by atoms with Crippen LogP contribution in [-0.2, 0) is 5.75 Å². The van der Waals surface area contributed by atoms with Crippen molar-refractivity contribution in [3.05, 3.63) is 45.9 Å². The largest absolute Gasteiger partial charge is 0.497 e. The van der Waals surface area contributed by atoms with E-state index in [1.165, 1.54) is 17.8 Å². The monoisotopic (exact) mass is 277 g/mol. The Morgan fingerprint density at radius 2 is 2.16 bits per heavy atom. The van der Waals surface area contributed by atoms with Crippen LogP contribution in [0.4, 0.5) is 5.69 Å². The molecule has 0 aliphatic heterocycles. The summed E-state index contributed by atoms with van der Waals surface area (Å²) in [6, 6.07) is 7.02. The number of aryl methyl sites for hydroxylation is 1. The van der Waals surface area contributed by atoms with E-state index in [4.69, 9.17) is 10.5 Å². The first kappa shape index (κ1) is 13.5. The lowest BCUT2D eigenvalue weighted by molar-refractivity contribution is 0.414. The fourth-order valence-electron chi connectivity index (χ4n) is 1.66. The normalized spacial score (nSPS) is 10.4. The van der Waals surface area contributed by atoms with Gasteiger partial charge in [-0.3, -0.25) is 4.79 Å². The zero-order valence-electron chi connectivity index (χ0n) is 10.8. The molecule has 0 radical (unpaired) electrons. The minimum absolute atomic E-state index is 0.139. The zero-order valence-corrected chi connectivity index (χ0v) is 11.6. The number of aromatic amines is 1. The molecule has 0 aliphatic rings. The SMILES string of the molecule is COc1cc(N)cc(CSc2nc(C)cc(=O)[nH]2)c1. The van der Waals surface area contributed by atoms with Crippen LogP contribution in [0.5, 0.6) is 5.75 Å². The molecule has 0 spiro atoms. The van der Waals surface area contributed by atoms with Crippen molar-refractivity contribution in [2.24, 2.45) is 0 Å². The van der Waals surface area contributed by atoms with Gasteiger partial charge in [-0.15, -0.1) is 0 Å². The average Bonchev–Trinajstić information content (AvgIpc) is 2.34. The van der Waals surface area contributed by atoms with E-state index in [2.05, 4.69) is 9.97 Å². The summed E-state index contributed by atoms with van der Waals surface area (Å²) in [5, 5.41) is 0.603. The van der Waals surface area contributed by atoms with Crippen molar-refractivity contribution in [2.45, 2.75) is 17.8 Å². The smallest absolute Gasteiger partial charge is 0.251 e. The lowest BCUT2D eigenvalue weighted by Crippen LogP contribution is -2.08. The number of nitrogens with two attached hydrogens (primary N) is 1. The molecule has 0 aliphatic carbocycles. The van der Waals surface area contributed by atoms with Crippen LogP contribution in [0, 0.1) is 6.92 Å². The number of rotatable bonds is 4. The molecular weight excluding hydrogens is 262 g/mol. The summed E-state index contributed by atoms with van der Waals surface area (Å²) in [6.07, 6.45) is 0. The van der Waals surface area contributed by atoms with E-state index in [0.717, 1.165) is 11.3 Å². The predicted molar refractivity (Wildman–Crippen MR) is 76.6 cm³/mol. The van der Waals surface area contributed by atoms with Crippen molar-refractivity contribution in [2.75, 3.05) is 12.8 Å². The van der Waals surface area contributed by atoms with Gasteiger partial charge in [0.25, 0.3) is 5.56 Å². The Kier molecular flexibility index (Phi) is 4.11. The van der Waals surface area contributed by atoms with E-state index in [1.807, 2.05) is 12.1 Å². The van der Waals surface area contributed by atoms with Gasteiger partial charge in [0.2, 0.25) is 0 Å². The molecule has 19 heavy (non-hydrogen) atoms. The topological polar surface area (TPSA) is 81.0 Å². The second-order valence-corrected chi connectivity index (χ2v) is 5.06. The van der Waals surface area contributed by atoms with E-state index >= 15 is 0 Å². The maximum Gasteiger partial charge on any atom is 0.251 e. The van der Waals surface area contributed by atoms with Gasteiger partial charge in [0.15, 0.2) is 5.16 Å². The summed E-state index contributed by atoms with van der Waals surface area (Å²) in [4.78, 5) is 18.3. The first-order valence-electron chi connectivity index (χ1n) is 5.71. The highest BCUT2D eigenvalue weighted by atomic mass is 32.2. The summed E-state index contributed by atoms with van der Waals surface area (Å²) in [5.41, 5.74) is 8.03. The molecule has 0 bridgehead atoms. The molecule has 6 heteroatoms. The molecule has 0 amide bonds. The molecule has 100 valence electrons. The number of aromatic nitrogens is 2. The van der Waals surface area contributed by atoms with E-state index < -0.39 is 0 Å². The number of ether oxygens (including phenoxy) is 1. The van der Waals surface area contributed by atoms with Crippen LogP contribution in [0.25, 0.3) is 0 Å². The van der Waals surface area contributed by atoms with E-state index in [9.17, 15) is 4.79 Å². The van der Waals surface area contributed by atoms with Gasteiger partial charge in [-0.1, -0.05) is 11.8 Å². The fourth-order valence-corrected chi connectivity index (χ4v) is 2.51. The Morgan fingerprint density at radius 3 is 2.84 bits per heavy atom. The van der Waals surface area contributed by atoms with Crippen molar-refractivity contribution in [3.63, 3.8) is 0 Å². The molecule has 3 N–H and O–H groups in total. The van der Waals surface area contributed by atoms with E-state index in [1.54, 1.807) is 20.1 Å². The number of benzene rings is 1. The van der Waals surface area contributed by atoms with Gasteiger partial charge in [0.1, 0.15) is 5.75 Å². The summed E-state index contributed by atoms with van der Waals surface area (Å²) in [5.74, 6) is 1.38. The van der Waals surface area contributed by atoms with Crippen LogP contribution in [0.1, 0.15) is 11.3 Å². The number of nitrogens with one attached hydrogen (secondary N) is 1. The number of nitrogens with zero attached hydrogens (tertiary/aromatic N) is 1. The average molecular weight is 277 g/mol. The molecule has 0 atom stereocenters. The molecule has 0 fully saturated rings. The summed E-state index contributed by atoms with van der Waals surface area (Å²) in [7, 11) is 1.60. The van der Waals surface area contributed by atoms with Gasteiger partial charge < -0.3 is 15.5 Å². The second-order valence-electron chi connectivity index (χ2n) is 4.10. The molecule has 0 saturated carbocycles. The Hall–Kier alpha value is -1.95. The highest BCUT2D eigenvalue weighted by Crippen LogP contribution is 2.24. The standard InChI is InChI=1S/C13H15N3O2S/c1-8-3-12(17)16-13(15-8)19-7-9-4-10(14)6-11(5-9)18-2/h3-6H,7,14H2,1-2H3,(H,15,16,17). The number of methoxy groups -OCH3 is 1. The van der Waals surface area contributed by atoms with Crippen LogP contribution in [0.15, 0.2) is 34.2 Å².